The van der Waals surface area contributed by atoms with Gasteiger partial charge in [0.15, 0.2) is 0 Å². The average Bonchev–Trinajstić information content (AvgIpc) is 2.90. The summed E-state index contributed by atoms with van der Waals surface area (Å²) < 4.78 is 23.0. The van der Waals surface area contributed by atoms with Gasteiger partial charge in [-0.05, 0) is 44.2 Å². The molecule has 5 heteroatoms. The highest BCUT2D eigenvalue weighted by Crippen LogP contribution is 2.63. The number of thioether (sulfide) groups is 1. The van der Waals surface area contributed by atoms with E-state index in [-0.39, 0.29) is 36.6 Å². The summed E-state index contributed by atoms with van der Waals surface area (Å²) in [5.41, 5.74) is 0.724. The summed E-state index contributed by atoms with van der Waals surface area (Å²) in [5.74, 6) is 1.47. The molecular weight excluding hydrogens is 384 g/mol. The van der Waals surface area contributed by atoms with Gasteiger partial charge >= 0.3 is 0 Å². The van der Waals surface area contributed by atoms with Crippen molar-refractivity contribution in [3.05, 3.63) is 55.1 Å². The molecule has 5 atom stereocenters. The number of ether oxygens (including phenoxy) is 4. The number of methoxy groups -OCH3 is 2. The van der Waals surface area contributed by atoms with Crippen molar-refractivity contribution < 1.29 is 18.9 Å². The second-order valence-electron chi connectivity index (χ2n) is 8.35. The zero-order valence-corrected chi connectivity index (χ0v) is 18.7. The summed E-state index contributed by atoms with van der Waals surface area (Å²) in [6, 6.07) is 10.5. The number of fused-ring (bicyclic) bond motifs is 2. The van der Waals surface area contributed by atoms with Crippen LogP contribution in [0.3, 0.4) is 0 Å². The van der Waals surface area contributed by atoms with Gasteiger partial charge in [-0.2, -0.15) is 0 Å². The molecule has 0 unspecified atom stereocenters. The van der Waals surface area contributed by atoms with Crippen LogP contribution in [-0.2, 0) is 18.9 Å². The fraction of sp³-hybridized carbons (Fsp3) is 0.583. The van der Waals surface area contributed by atoms with E-state index in [0.29, 0.717) is 5.92 Å². The van der Waals surface area contributed by atoms with Crippen LogP contribution < -0.4 is 0 Å². The van der Waals surface area contributed by atoms with Crippen molar-refractivity contribution >= 4 is 11.8 Å². The van der Waals surface area contributed by atoms with Crippen molar-refractivity contribution in [1.29, 1.82) is 0 Å². The summed E-state index contributed by atoms with van der Waals surface area (Å²) in [7, 11) is 3.33. The maximum atomic E-state index is 6.27. The van der Waals surface area contributed by atoms with E-state index in [1.54, 1.807) is 14.2 Å². The molecule has 2 aliphatic rings. The monoisotopic (exact) mass is 418 g/mol. The molecule has 2 bridgehead atoms. The fourth-order valence-electron chi connectivity index (χ4n) is 5.40. The molecule has 0 aromatic heterocycles. The lowest BCUT2D eigenvalue weighted by molar-refractivity contribution is -0.168. The third kappa shape index (κ3) is 4.49. The Morgan fingerprint density at radius 3 is 2.55 bits per heavy atom. The average molecular weight is 419 g/mol. The molecule has 3 rings (SSSR count). The molecule has 0 spiro atoms. The predicted octanol–water partition coefficient (Wildman–Crippen LogP) is 5.31. The summed E-state index contributed by atoms with van der Waals surface area (Å²) in [6.07, 6.45) is 5.06. The molecule has 0 saturated heterocycles. The third-order valence-electron chi connectivity index (χ3n) is 6.66. The van der Waals surface area contributed by atoms with Crippen LogP contribution in [0.5, 0.6) is 0 Å². The first-order valence-corrected chi connectivity index (χ1v) is 11.2. The molecule has 0 N–H and O–H groups in total. The first-order valence-electron chi connectivity index (χ1n) is 10.2. The Balaban J connectivity index is 1.82. The predicted molar refractivity (Wildman–Crippen MR) is 118 cm³/mol. The molecule has 0 aliphatic heterocycles. The Labute approximate surface area is 179 Å². The quantitative estimate of drug-likeness (QED) is 0.277. The lowest BCUT2D eigenvalue weighted by Gasteiger charge is -2.45. The van der Waals surface area contributed by atoms with E-state index >= 15 is 0 Å². The summed E-state index contributed by atoms with van der Waals surface area (Å²) in [4.78, 5) is 1.27. The van der Waals surface area contributed by atoms with Crippen molar-refractivity contribution in [3.63, 3.8) is 0 Å². The van der Waals surface area contributed by atoms with Crippen LogP contribution in [0.15, 0.2) is 60.0 Å². The smallest absolute Gasteiger partial charge is 0.147 e. The summed E-state index contributed by atoms with van der Waals surface area (Å²) in [6.45, 7) is 11.5. The second kappa shape index (κ2) is 9.80. The van der Waals surface area contributed by atoms with Crippen LogP contribution in [0.2, 0.25) is 0 Å². The molecule has 2 aliphatic carbocycles. The molecular formula is C24H34O4S. The number of hydrogen-bond acceptors (Lipinski definition) is 5. The number of benzene rings is 1. The van der Waals surface area contributed by atoms with Gasteiger partial charge in [0.25, 0.3) is 0 Å². The van der Waals surface area contributed by atoms with Crippen molar-refractivity contribution in [3.8, 4) is 0 Å². The molecule has 29 heavy (non-hydrogen) atoms. The highest BCUT2D eigenvalue weighted by molar-refractivity contribution is 7.99. The highest BCUT2D eigenvalue weighted by Gasteiger charge is 2.64. The second-order valence-corrected chi connectivity index (χ2v) is 9.40. The van der Waals surface area contributed by atoms with Crippen LogP contribution in [0.25, 0.3) is 0 Å². The van der Waals surface area contributed by atoms with E-state index in [4.69, 9.17) is 18.9 Å². The van der Waals surface area contributed by atoms with Crippen LogP contribution in [0.1, 0.15) is 26.2 Å². The minimum absolute atomic E-state index is 0.000897. The Kier molecular flexibility index (Phi) is 7.63. The van der Waals surface area contributed by atoms with E-state index < -0.39 is 0 Å². The van der Waals surface area contributed by atoms with Gasteiger partial charge in [0.05, 0.1) is 11.7 Å². The summed E-state index contributed by atoms with van der Waals surface area (Å²) >= 11 is 1.84. The van der Waals surface area contributed by atoms with Crippen LogP contribution in [0.4, 0.5) is 0 Å². The number of hydrogen-bond donors (Lipinski definition) is 0. The van der Waals surface area contributed by atoms with E-state index in [1.165, 1.54) is 10.5 Å². The van der Waals surface area contributed by atoms with Crippen LogP contribution in [0, 0.1) is 17.3 Å². The summed E-state index contributed by atoms with van der Waals surface area (Å²) in [5, 5.41) is 0. The largest absolute Gasteiger partial charge is 0.359 e. The Morgan fingerprint density at radius 1 is 1.17 bits per heavy atom. The SMILES string of the molecule is C=C[C@]12C[C@@](C)(OCOC)[C@H](CC[C@H]1C(=C)CSc1ccccc1)[C@H]2OCOC. The van der Waals surface area contributed by atoms with Crippen molar-refractivity contribution in [2.75, 3.05) is 33.6 Å². The van der Waals surface area contributed by atoms with Crippen LogP contribution in [-0.4, -0.2) is 45.3 Å². The van der Waals surface area contributed by atoms with Gasteiger partial charge in [0.2, 0.25) is 0 Å². The normalized spacial score (nSPS) is 33.6. The Morgan fingerprint density at radius 2 is 1.90 bits per heavy atom. The van der Waals surface area contributed by atoms with Gasteiger partial charge in [0, 0.05) is 36.2 Å². The fourth-order valence-corrected chi connectivity index (χ4v) is 6.30. The van der Waals surface area contributed by atoms with E-state index in [0.717, 1.165) is 25.0 Å². The molecule has 0 heterocycles. The molecule has 2 saturated carbocycles. The molecule has 4 nitrogen and oxygen atoms in total. The maximum absolute atomic E-state index is 6.27. The van der Waals surface area contributed by atoms with E-state index in [1.807, 2.05) is 17.8 Å². The molecule has 0 amide bonds. The van der Waals surface area contributed by atoms with Gasteiger partial charge in [-0.1, -0.05) is 36.4 Å². The minimum Gasteiger partial charge on any atom is -0.359 e. The van der Waals surface area contributed by atoms with E-state index in [9.17, 15) is 0 Å². The lowest BCUT2D eigenvalue weighted by Crippen LogP contribution is -2.46. The topological polar surface area (TPSA) is 36.9 Å². The Hall–Kier alpha value is -1.11. The van der Waals surface area contributed by atoms with Crippen molar-refractivity contribution in [1.82, 2.24) is 0 Å². The molecule has 1 aromatic carbocycles. The minimum atomic E-state index is -0.315. The maximum Gasteiger partial charge on any atom is 0.147 e. The molecule has 0 radical (unpaired) electrons. The third-order valence-corrected chi connectivity index (χ3v) is 7.78. The van der Waals surface area contributed by atoms with Gasteiger partial charge in [0.1, 0.15) is 13.6 Å². The lowest BCUT2D eigenvalue weighted by atomic mass is 9.63. The first kappa shape index (κ1) is 22.6. The van der Waals surface area contributed by atoms with Gasteiger partial charge in [-0.25, -0.2) is 0 Å². The number of rotatable bonds is 11. The molecule has 2 fully saturated rings. The van der Waals surface area contributed by atoms with Crippen molar-refractivity contribution in [2.24, 2.45) is 17.3 Å². The van der Waals surface area contributed by atoms with E-state index in [2.05, 4.69) is 50.4 Å². The zero-order chi connectivity index (χ0) is 20.9. The molecule has 160 valence electrons. The standard InChI is InChI=1S/C24H34O4S/c1-6-24-15-23(3,28-17-26-5)21(22(24)27-16-25-4)13-12-20(24)18(2)14-29-19-10-8-7-9-11-19/h6-11,20-22H,1-2,12-17H2,3-5H3/t20-,21+,22+,23+,24-/m0/s1. The highest BCUT2D eigenvalue weighted by atomic mass is 32.2. The first-order chi connectivity index (χ1) is 14.0. The van der Waals surface area contributed by atoms with Crippen molar-refractivity contribution in [2.45, 2.75) is 42.8 Å². The molecule has 1 aromatic rings. The van der Waals surface area contributed by atoms with Crippen LogP contribution >= 0.6 is 11.8 Å². The van der Waals surface area contributed by atoms with Gasteiger partial charge in [-0.15, -0.1) is 18.3 Å². The van der Waals surface area contributed by atoms with Gasteiger partial charge in [-0.3, -0.25) is 0 Å². The zero-order valence-electron chi connectivity index (χ0n) is 17.9. The Bertz CT molecular complexity index is 693. The van der Waals surface area contributed by atoms with Gasteiger partial charge < -0.3 is 18.9 Å².